The van der Waals surface area contributed by atoms with Crippen LogP contribution >= 0.6 is 0 Å². The Kier molecular flexibility index (Phi) is 3.61. The van der Waals surface area contributed by atoms with Gasteiger partial charge < -0.3 is 9.88 Å². The number of nitriles is 1. The summed E-state index contributed by atoms with van der Waals surface area (Å²) in [6, 6.07) is 11.0. The van der Waals surface area contributed by atoms with Crippen molar-refractivity contribution >= 4 is 27.6 Å². The molecule has 0 amide bonds. The van der Waals surface area contributed by atoms with Crippen LogP contribution in [0.4, 0.5) is 5.69 Å². The summed E-state index contributed by atoms with van der Waals surface area (Å²) >= 11 is 0. The molecular formula is C21H20N6. The topological polar surface area (TPSA) is 73.5 Å². The molecule has 1 N–H and O–H groups in total. The van der Waals surface area contributed by atoms with Gasteiger partial charge in [0.25, 0.3) is 0 Å². The zero-order valence-electron chi connectivity index (χ0n) is 15.2. The van der Waals surface area contributed by atoms with E-state index >= 15 is 0 Å². The van der Waals surface area contributed by atoms with Gasteiger partial charge in [-0.05, 0) is 36.6 Å². The van der Waals surface area contributed by atoms with Gasteiger partial charge in [-0.3, -0.25) is 4.68 Å². The first-order chi connectivity index (χ1) is 13.2. The van der Waals surface area contributed by atoms with Gasteiger partial charge in [0.15, 0.2) is 0 Å². The van der Waals surface area contributed by atoms with Crippen LogP contribution < -0.4 is 4.90 Å². The molecule has 6 nitrogen and oxygen atoms in total. The number of aryl methyl sites for hydroxylation is 1. The molecule has 0 aliphatic carbocycles. The zero-order valence-corrected chi connectivity index (χ0v) is 15.2. The van der Waals surface area contributed by atoms with E-state index in [0.717, 1.165) is 59.0 Å². The van der Waals surface area contributed by atoms with Crippen LogP contribution in [0.15, 0.2) is 42.9 Å². The van der Waals surface area contributed by atoms with E-state index in [1.54, 1.807) is 0 Å². The van der Waals surface area contributed by atoms with E-state index in [9.17, 15) is 5.26 Å². The number of nitrogens with zero attached hydrogens (tertiary/aromatic N) is 5. The molecule has 27 heavy (non-hydrogen) atoms. The average molecular weight is 356 g/mol. The average Bonchev–Trinajstić information content (AvgIpc) is 3.34. The largest absolute Gasteiger partial charge is 0.370 e. The third-order valence-electron chi connectivity index (χ3n) is 5.61. The van der Waals surface area contributed by atoms with E-state index in [2.05, 4.69) is 50.3 Å². The number of hydrogen-bond acceptors (Lipinski definition) is 4. The lowest BCUT2D eigenvalue weighted by Crippen LogP contribution is -2.33. The molecule has 1 fully saturated rings. The molecular weight excluding hydrogens is 336 g/mol. The predicted octanol–water partition coefficient (Wildman–Crippen LogP) is 3.86. The first-order valence-corrected chi connectivity index (χ1v) is 9.27. The molecule has 0 bridgehead atoms. The lowest BCUT2D eigenvalue weighted by atomic mass is 9.95. The fourth-order valence-electron chi connectivity index (χ4n) is 4.11. The molecule has 0 radical (unpaired) electrons. The molecule has 5 rings (SSSR count). The molecule has 134 valence electrons. The van der Waals surface area contributed by atoms with Crippen LogP contribution in [-0.2, 0) is 7.05 Å². The van der Waals surface area contributed by atoms with E-state index in [1.807, 2.05) is 30.3 Å². The minimum absolute atomic E-state index is 0.167. The molecule has 3 aromatic heterocycles. The van der Waals surface area contributed by atoms with Gasteiger partial charge in [-0.2, -0.15) is 10.4 Å². The summed E-state index contributed by atoms with van der Waals surface area (Å²) in [6.07, 6.45) is 7.62. The van der Waals surface area contributed by atoms with Crippen LogP contribution in [0, 0.1) is 17.2 Å². The maximum Gasteiger partial charge on any atom is 0.139 e. The number of nitrogens with one attached hydrogen (secondary N) is 1. The highest BCUT2D eigenvalue weighted by Gasteiger charge is 2.23. The van der Waals surface area contributed by atoms with Crippen molar-refractivity contribution in [1.82, 2.24) is 19.7 Å². The van der Waals surface area contributed by atoms with Crippen molar-refractivity contribution in [2.45, 2.75) is 12.8 Å². The number of pyridine rings is 1. The van der Waals surface area contributed by atoms with E-state index in [0.29, 0.717) is 0 Å². The molecule has 4 aromatic rings. The second-order valence-electron chi connectivity index (χ2n) is 7.19. The normalized spacial score (nSPS) is 15.5. The summed E-state index contributed by atoms with van der Waals surface area (Å²) < 4.78 is 1.89. The van der Waals surface area contributed by atoms with Gasteiger partial charge in [-0.15, -0.1) is 0 Å². The van der Waals surface area contributed by atoms with E-state index in [-0.39, 0.29) is 5.92 Å². The summed E-state index contributed by atoms with van der Waals surface area (Å²) in [6.45, 7) is 1.79. The summed E-state index contributed by atoms with van der Waals surface area (Å²) in [7, 11) is 1.96. The highest BCUT2D eigenvalue weighted by molar-refractivity contribution is 6.00. The van der Waals surface area contributed by atoms with Crippen LogP contribution in [-0.4, -0.2) is 32.8 Å². The minimum atomic E-state index is 0.167. The van der Waals surface area contributed by atoms with Crippen molar-refractivity contribution in [1.29, 1.82) is 5.26 Å². The molecule has 0 saturated carbocycles. The summed E-state index contributed by atoms with van der Waals surface area (Å²) in [5.74, 6) is 0.167. The van der Waals surface area contributed by atoms with Crippen molar-refractivity contribution in [3.63, 3.8) is 0 Å². The smallest absolute Gasteiger partial charge is 0.139 e. The van der Waals surface area contributed by atoms with Crippen molar-refractivity contribution in [2.75, 3.05) is 18.0 Å². The quantitative estimate of drug-likeness (QED) is 0.592. The van der Waals surface area contributed by atoms with Crippen LogP contribution in [0.1, 0.15) is 12.8 Å². The Morgan fingerprint density at radius 2 is 2.04 bits per heavy atom. The molecule has 6 heteroatoms. The number of aromatic nitrogens is 4. The van der Waals surface area contributed by atoms with Crippen molar-refractivity contribution < 1.29 is 0 Å². The van der Waals surface area contributed by atoms with Crippen LogP contribution in [0.25, 0.3) is 33.1 Å². The molecule has 1 aliphatic heterocycles. The Balaban J connectivity index is 1.66. The SMILES string of the molecule is Cn1ncc2cc(-c3cnc4[nH]ccc4c3N3CCC(C#N)CC3)ccc21. The second kappa shape index (κ2) is 6.13. The molecule has 1 aromatic carbocycles. The van der Waals surface area contributed by atoms with Crippen molar-refractivity contribution in [3.05, 3.63) is 42.9 Å². The van der Waals surface area contributed by atoms with Gasteiger partial charge in [0.1, 0.15) is 5.65 Å². The van der Waals surface area contributed by atoms with E-state index in [1.165, 1.54) is 5.69 Å². The van der Waals surface area contributed by atoms with E-state index in [4.69, 9.17) is 0 Å². The number of hydrogen-bond donors (Lipinski definition) is 1. The van der Waals surface area contributed by atoms with E-state index < -0.39 is 0 Å². The Hall–Kier alpha value is -3.33. The monoisotopic (exact) mass is 356 g/mol. The Morgan fingerprint density at radius 3 is 2.85 bits per heavy atom. The second-order valence-corrected chi connectivity index (χ2v) is 7.19. The third kappa shape index (κ3) is 2.55. The number of H-pyrrole nitrogens is 1. The van der Waals surface area contributed by atoms with Crippen molar-refractivity contribution in [3.8, 4) is 17.2 Å². The lowest BCUT2D eigenvalue weighted by molar-refractivity contribution is 0.488. The molecule has 0 spiro atoms. The predicted molar refractivity (Wildman–Crippen MR) is 106 cm³/mol. The van der Waals surface area contributed by atoms with Gasteiger partial charge in [-0.1, -0.05) is 6.07 Å². The summed E-state index contributed by atoms with van der Waals surface area (Å²) in [5, 5.41) is 15.8. The Bertz CT molecular complexity index is 1170. The molecule has 1 saturated heterocycles. The highest BCUT2D eigenvalue weighted by atomic mass is 15.2. The number of benzene rings is 1. The van der Waals surface area contributed by atoms with Gasteiger partial charge in [0.05, 0.1) is 23.5 Å². The highest BCUT2D eigenvalue weighted by Crippen LogP contribution is 2.38. The third-order valence-corrected chi connectivity index (χ3v) is 5.61. The fraction of sp³-hybridized carbons (Fsp3) is 0.286. The molecule has 0 unspecified atom stereocenters. The summed E-state index contributed by atoms with van der Waals surface area (Å²) in [5.41, 5.74) is 5.50. The van der Waals surface area contributed by atoms with Crippen molar-refractivity contribution in [2.24, 2.45) is 13.0 Å². The first kappa shape index (κ1) is 15.9. The van der Waals surface area contributed by atoms with Gasteiger partial charge >= 0.3 is 0 Å². The summed E-state index contributed by atoms with van der Waals surface area (Å²) in [4.78, 5) is 10.3. The van der Waals surface area contributed by atoms with Gasteiger partial charge in [0.2, 0.25) is 0 Å². The maximum atomic E-state index is 9.23. The number of aromatic amines is 1. The van der Waals surface area contributed by atoms with Gasteiger partial charge in [-0.25, -0.2) is 4.98 Å². The number of anilines is 1. The Labute approximate surface area is 157 Å². The molecule has 4 heterocycles. The molecule has 0 atom stereocenters. The maximum absolute atomic E-state index is 9.23. The zero-order chi connectivity index (χ0) is 18.4. The standard InChI is InChI=1S/C21H20N6/c1-26-19-3-2-15(10-16(19)12-25-26)18-13-24-21-17(4-7-23-21)20(18)27-8-5-14(11-22)6-9-27/h2-4,7,10,12-14H,5-6,8-9H2,1H3,(H,23,24). The fourth-order valence-corrected chi connectivity index (χ4v) is 4.11. The van der Waals surface area contributed by atoms with Crippen LogP contribution in [0.2, 0.25) is 0 Å². The number of piperidine rings is 1. The number of rotatable bonds is 2. The Morgan fingerprint density at radius 1 is 1.19 bits per heavy atom. The first-order valence-electron chi connectivity index (χ1n) is 9.27. The van der Waals surface area contributed by atoms with Crippen LogP contribution in [0.5, 0.6) is 0 Å². The lowest BCUT2D eigenvalue weighted by Gasteiger charge is -2.33. The number of fused-ring (bicyclic) bond motifs is 2. The van der Waals surface area contributed by atoms with Crippen LogP contribution in [0.3, 0.4) is 0 Å². The molecule has 1 aliphatic rings. The van der Waals surface area contributed by atoms with Gasteiger partial charge in [0, 0.05) is 54.8 Å². The minimum Gasteiger partial charge on any atom is -0.370 e.